The van der Waals surface area contributed by atoms with Gasteiger partial charge in [-0.1, -0.05) is 232 Å². The molecule has 0 aromatic carbocycles. The lowest BCUT2D eigenvalue weighted by Crippen LogP contribution is -2.61. The van der Waals surface area contributed by atoms with Gasteiger partial charge in [-0.2, -0.15) is 8.42 Å². The monoisotopic (exact) mass is 924 g/mol. The van der Waals surface area contributed by atoms with E-state index in [2.05, 4.69) is 23.3 Å². The molecule has 0 aromatic heterocycles. The molecular formula is C49H97NO12S. The van der Waals surface area contributed by atoms with Crippen LogP contribution in [0.1, 0.15) is 245 Å². The summed E-state index contributed by atoms with van der Waals surface area (Å²) in [6.07, 6.45) is 31.3. The number of hydrogen-bond donors (Lipinski definition) is 7. The number of aliphatic hydroxyl groups is 5. The number of ether oxygens (including phenoxy) is 2. The Bertz CT molecular complexity index is 1150. The Hall–Kier alpha value is -0.940. The number of carbonyl (C=O) groups is 1. The molecule has 1 fully saturated rings. The third kappa shape index (κ3) is 32.4. The highest BCUT2D eigenvalue weighted by molar-refractivity contribution is 7.80. The molecule has 1 aliphatic heterocycles. The van der Waals surface area contributed by atoms with Gasteiger partial charge in [-0.15, -0.1) is 0 Å². The van der Waals surface area contributed by atoms with Gasteiger partial charge >= 0.3 is 10.4 Å². The van der Waals surface area contributed by atoms with E-state index in [1.54, 1.807) is 0 Å². The molecule has 1 aliphatic rings. The van der Waals surface area contributed by atoms with Crippen LogP contribution in [0.4, 0.5) is 0 Å². The van der Waals surface area contributed by atoms with Gasteiger partial charge in [0.05, 0.1) is 25.4 Å². The van der Waals surface area contributed by atoms with E-state index in [4.69, 9.17) is 9.47 Å². The Labute approximate surface area is 384 Å². The van der Waals surface area contributed by atoms with Crippen LogP contribution in [0.2, 0.25) is 0 Å². The second kappa shape index (κ2) is 40.2. The third-order valence-corrected chi connectivity index (χ3v) is 13.2. The first-order chi connectivity index (χ1) is 30.4. The van der Waals surface area contributed by atoms with E-state index in [1.165, 1.54) is 167 Å². The van der Waals surface area contributed by atoms with E-state index < -0.39 is 78.5 Å². The molecule has 13 nitrogen and oxygen atoms in total. The van der Waals surface area contributed by atoms with Gasteiger partial charge in [0, 0.05) is 0 Å². The smallest absolute Gasteiger partial charge is 0.394 e. The lowest BCUT2D eigenvalue weighted by molar-refractivity contribution is -0.298. The highest BCUT2D eigenvalue weighted by atomic mass is 32.3. The van der Waals surface area contributed by atoms with Gasteiger partial charge in [0.2, 0.25) is 5.91 Å². The molecule has 63 heavy (non-hydrogen) atoms. The summed E-state index contributed by atoms with van der Waals surface area (Å²) in [5.74, 6) is -0.664. The van der Waals surface area contributed by atoms with Gasteiger partial charge in [0.25, 0.3) is 0 Å². The molecule has 0 saturated carbocycles. The Kier molecular flexibility index (Phi) is 38.3. The normalized spacial score (nSPS) is 20.8. The van der Waals surface area contributed by atoms with Crippen molar-refractivity contribution in [1.29, 1.82) is 0 Å². The zero-order valence-corrected chi connectivity index (χ0v) is 40.8. The Morgan fingerprint density at radius 2 is 0.921 bits per heavy atom. The van der Waals surface area contributed by atoms with E-state index >= 15 is 0 Å². The first kappa shape index (κ1) is 60.1. The van der Waals surface area contributed by atoms with Crippen LogP contribution in [0.15, 0.2) is 0 Å². The Morgan fingerprint density at radius 1 is 0.571 bits per heavy atom. The summed E-state index contributed by atoms with van der Waals surface area (Å²) in [6.45, 7) is 3.31. The van der Waals surface area contributed by atoms with Crippen molar-refractivity contribution in [3.8, 4) is 0 Å². The molecule has 1 saturated heterocycles. The topological polar surface area (TPSA) is 212 Å². The van der Waals surface area contributed by atoms with Crippen molar-refractivity contribution in [2.75, 3.05) is 13.2 Å². The van der Waals surface area contributed by atoms with Crippen molar-refractivity contribution in [3.05, 3.63) is 0 Å². The molecule has 1 rings (SSSR count). The van der Waals surface area contributed by atoms with Gasteiger partial charge < -0.3 is 40.3 Å². The maximum absolute atomic E-state index is 13.2. The van der Waals surface area contributed by atoms with E-state index in [1.807, 2.05) is 0 Å². The molecule has 376 valence electrons. The largest absolute Gasteiger partial charge is 0.397 e. The van der Waals surface area contributed by atoms with Crippen LogP contribution in [-0.4, -0.2) is 107 Å². The van der Waals surface area contributed by atoms with E-state index in [0.717, 1.165) is 38.5 Å². The van der Waals surface area contributed by atoms with Crippen LogP contribution in [-0.2, 0) is 28.9 Å². The summed E-state index contributed by atoms with van der Waals surface area (Å²) in [7, 11) is -5.11. The standard InChI is InChI=1S/C49H97NO12S/c1-3-5-7-9-11-13-15-17-19-21-23-25-27-29-31-33-35-37-42(52)41(40-60-49-46(55)47(62-63(57,58)59)45(54)44(39-51)61-49)50-48(56)43(53)38-36-34-32-30-28-26-24-22-20-18-16-14-12-10-8-6-4-2/h41-47,49,51-55H,3-40H2,1-2H3,(H,50,56)(H,57,58,59). The van der Waals surface area contributed by atoms with Crippen molar-refractivity contribution in [3.63, 3.8) is 0 Å². The number of nitrogens with one attached hydrogen (secondary N) is 1. The van der Waals surface area contributed by atoms with Crippen molar-refractivity contribution < 1.29 is 57.0 Å². The van der Waals surface area contributed by atoms with Gasteiger partial charge in [-0.05, 0) is 12.8 Å². The first-order valence-corrected chi connectivity index (χ1v) is 27.4. The summed E-state index contributed by atoms with van der Waals surface area (Å²) in [5.41, 5.74) is 0. The molecular weight excluding hydrogens is 827 g/mol. The molecule has 1 amide bonds. The van der Waals surface area contributed by atoms with E-state index in [0.29, 0.717) is 19.3 Å². The lowest BCUT2D eigenvalue weighted by atomic mass is 9.99. The summed E-state index contributed by atoms with van der Waals surface area (Å²) >= 11 is 0. The zero-order valence-electron chi connectivity index (χ0n) is 40.0. The van der Waals surface area contributed by atoms with Crippen LogP contribution < -0.4 is 5.32 Å². The zero-order chi connectivity index (χ0) is 46.4. The molecule has 0 spiro atoms. The average Bonchev–Trinajstić information content (AvgIpc) is 3.25. The van der Waals surface area contributed by atoms with Crippen molar-refractivity contribution >= 4 is 16.3 Å². The predicted octanol–water partition coefficient (Wildman–Crippen LogP) is 9.92. The number of unbranched alkanes of at least 4 members (excludes halogenated alkanes) is 32. The van der Waals surface area contributed by atoms with Gasteiger partial charge in [-0.3, -0.25) is 9.35 Å². The average molecular weight is 924 g/mol. The second-order valence-electron chi connectivity index (χ2n) is 18.6. The SMILES string of the molecule is CCCCCCCCCCCCCCCCCCCC(O)C(=O)NC(COC1OC(CO)C(O)C(OS(=O)(=O)O)C1O)C(O)CCCCCCCCCCCCCCCCCCC. The molecule has 8 atom stereocenters. The molecule has 0 bridgehead atoms. The van der Waals surface area contributed by atoms with Crippen LogP contribution in [0.5, 0.6) is 0 Å². The lowest BCUT2D eigenvalue weighted by Gasteiger charge is -2.41. The summed E-state index contributed by atoms with van der Waals surface area (Å²) in [4.78, 5) is 13.2. The number of amides is 1. The van der Waals surface area contributed by atoms with E-state index in [9.17, 15) is 43.3 Å². The maximum atomic E-state index is 13.2. The van der Waals surface area contributed by atoms with Gasteiger partial charge in [0.15, 0.2) is 6.29 Å². The third-order valence-electron chi connectivity index (χ3n) is 12.8. The van der Waals surface area contributed by atoms with Crippen LogP contribution in [0, 0.1) is 0 Å². The fourth-order valence-electron chi connectivity index (χ4n) is 8.64. The highest BCUT2D eigenvalue weighted by Crippen LogP contribution is 2.26. The number of carbonyl (C=O) groups excluding carboxylic acids is 1. The molecule has 1 heterocycles. The minimum absolute atomic E-state index is 0.266. The van der Waals surface area contributed by atoms with E-state index in [-0.39, 0.29) is 6.42 Å². The summed E-state index contributed by atoms with van der Waals surface area (Å²) < 4.78 is 47.7. The van der Waals surface area contributed by atoms with Crippen molar-refractivity contribution in [2.45, 2.75) is 294 Å². The molecule has 7 N–H and O–H groups in total. The molecule has 0 aromatic rings. The van der Waals surface area contributed by atoms with Gasteiger partial charge in [-0.25, -0.2) is 4.18 Å². The van der Waals surface area contributed by atoms with Gasteiger partial charge in [0.1, 0.15) is 30.5 Å². The molecule has 8 unspecified atom stereocenters. The number of aliphatic hydroxyl groups excluding tert-OH is 5. The Morgan fingerprint density at radius 3 is 1.27 bits per heavy atom. The molecule has 0 aliphatic carbocycles. The van der Waals surface area contributed by atoms with Crippen LogP contribution in [0.25, 0.3) is 0 Å². The highest BCUT2D eigenvalue weighted by Gasteiger charge is 2.48. The first-order valence-electron chi connectivity index (χ1n) is 26.0. The number of hydrogen-bond acceptors (Lipinski definition) is 11. The minimum Gasteiger partial charge on any atom is -0.394 e. The fourth-order valence-corrected chi connectivity index (χ4v) is 9.15. The van der Waals surface area contributed by atoms with Crippen molar-refractivity contribution in [1.82, 2.24) is 5.32 Å². The minimum atomic E-state index is -5.11. The fraction of sp³-hybridized carbons (Fsp3) is 0.980. The maximum Gasteiger partial charge on any atom is 0.397 e. The van der Waals surface area contributed by atoms with Crippen molar-refractivity contribution in [2.24, 2.45) is 0 Å². The summed E-state index contributed by atoms with van der Waals surface area (Å²) in [6, 6.07) is -1.03. The second-order valence-corrected chi connectivity index (χ2v) is 19.7. The van der Waals surface area contributed by atoms with Crippen LogP contribution >= 0.6 is 0 Å². The van der Waals surface area contributed by atoms with Crippen LogP contribution in [0.3, 0.4) is 0 Å². The molecule has 0 radical (unpaired) electrons. The Balaban J connectivity index is 2.48. The number of rotatable bonds is 45. The molecule has 14 heteroatoms. The summed E-state index contributed by atoms with van der Waals surface area (Å²) in [5, 5.41) is 55.5. The predicted molar refractivity (Wildman–Crippen MR) is 252 cm³/mol. The quantitative estimate of drug-likeness (QED) is 0.0225.